The second kappa shape index (κ2) is 11.1. The van der Waals surface area contributed by atoms with Crippen LogP contribution in [0.5, 0.6) is 0 Å². The van der Waals surface area contributed by atoms with Crippen molar-refractivity contribution in [3.8, 4) is 16.3 Å². The van der Waals surface area contributed by atoms with Crippen LogP contribution < -0.4 is 10.2 Å². The van der Waals surface area contributed by atoms with E-state index in [1.165, 1.54) is 23.9 Å². The summed E-state index contributed by atoms with van der Waals surface area (Å²) in [6.07, 6.45) is 0.789. The number of amides is 2. The van der Waals surface area contributed by atoms with Gasteiger partial charge in [-0.25, -0.2) is 9.07 Å². The zero-order chi connectivity index (χ0) is 26.8. The monoisotopic (exact) mass is 548 g/mol. The fraction of sp³-hybridized carbons (Fsp3) is 0.276. The SMILES string of the molecule is CC[C@@H](C)NC(=O)CN1C(=O)CS[C@@H](c2ccc(F)cc2)c2c(-c3cccs3)nn(-c3ccccc3C)c21. The predicted octanol–water partition coefficient (Wildman–Crippen LogP) is 6.13. The Hall–Kier alpha value is -3.43. The van der Waals surface area contributed by atoms with Crippen molar-refractivity contribution in [3.63, 3.8) is 0 Å². The topological polar surface area (TPSA) is 67.2 Å². The fourth-order valence-electron chi connectivity index (χ4n) is 4.55. The molecule has 2 aromatic carbocycles. The Morgan fingerprint density at radius 3 is 2.61 bits per heavy atom. The van der Waals surface area contributed by atoms with Crippen LogP contribution in [0.25, 0.3) is 16.3 Å². The van der Waals surface area contributed by atoms with Crippen molar-refractivity contribution in [1.29, 1.82) is 0 Å². The first kappa shape index (κ1) is 26.2. The molecular weight excluding hydrogens is 519 g/mol. The Morgan fingerprint density at radius 1 is 1.16 bits per heavy atom. The average molecular weight is 549 g/mol. The van der Waals surface area contributed by atoms with Gasteiger partial charge in [-0.15, -0.1) is 23.1 Å². The fourth-order valence-corrected chi connectivity index (χ4v) is 6.47. The highest BCUT2D eigenvalue weighted by Gasteiger charge is 2.38. The van der Waals surface area contributed by atoms with Gasteiger partial charge in [0.1, 0.15) is 23.9 Å². The molecule has 6 nitrogen and oxygen atoms in total. The predicted molar refractivity (Wildman–Crippen MR) is 153 cm³/mol. The summed E-state index contributed by atoms with van der Waals surface area (Å²) in [5.74, 6) is 0.0319. The van der Waals surface area contributed by atoms with E-state index in [1.807, 2.05) is 62.5 Å². The molecule has 9 heteroatoms. The Morgan fingerprint density at radius 2 is 1.92 bits per heavy atom. The van der Waals surface area contributed by atoms with Crippen LogP contribution in [0.1, 0.15) is 42.2 Å². The highest BCUT2D eigenvalue weighted by atomic mass is 32.2. The molecule has 5 rings (SSSR count). The number of nitrogens with zero attached hydrogens (tertiary/aromatic N) is 3. The van der Waals surface area contributed by atoms with Gasteiger partial charge in [0, 0.05) is 11.6 Å². The zero-order valence-electron chi connectivity index (χ0n) is 21.5. The van der Waals surface area contributed by atoms with Crippen LogP contribution in [0.3, 0.4) is 0 Å². The largest absolute Gasteiger partial charge is 0.352 e. The average Bonchev–Trinajstić information content (AvgIpc) is 3.54. The molecule has 0 aliphatic carbocycles. The van der Waals surface area contributed by atoms with Crippen LogP contribution in [0.4, 0.5) is 10.2 Å². The third-order valence-corrected chi connectivity index (χ3v) is 8.81. The van der Waals surface area contributed by atoms with Crippen LogP contribution in [0.15, 0.2) is 66.0 Å². The highest BCUT2D eigenvalue weighted by Crippen LogP contribution is 2.49. The number of nitrogens with one attached hydrogen (secondary N) is 1. The number of aromatic nitrogens is 2. The normalized spacial score (nSPS) is 16.2. The minimum atomic E-state index is -0.318. The van der Waals surface area contributed by atoms with Crippen LogP contribution in [0.2, 0.25) is 0 Å². The first-order valence-corrected chi connectivity index (χ1v) is 14.5. The standard InChI is InChI=1S/C29H29FN4O2S2/c1-4-19(3)31-24(35)16-33-25(36)17-38-28(20-11-13-21(30)14-12-20)26-27(23-10-7-15-37-23)32-34(29(26)33)22-9-6-5-8-18(22)2/h5-15,19,28H,4,16-17H2,1-3H3,(H,31,35)/t19-,28+/m1/s1. The van der Waals surface area contributed by atoms with Crippen LogP contribution in [-0.4, -0.2) is 39.9 Å². The molecule has 3 heterocycles. The summed E-state index contributed by atoms with van der Waals surface area (Å²) in [6, 6.07) is 18.2. The maximum absolute atomic E-state index is 13.9. The number of aryl methyl sites for hydroxylation is 1. The quantitative estimate of drug-likeness (QED) is 0.302. The lowest BCUT2D eigenvalue weighted by molar-refractivity contribution is -0.123. The van der Waals surface area contributed by atoms with Gasteiger partial charge in [0.05, 0.1) is 21.6 Å². The van der Waals surface area contributed by atoms with Gasteiger partial charge in [-0.05, 0) is 61.0 Å². The van der Waals surface area contributed by atoms with E-state index in [4.69, 9.17) is 5.10 Å². The van der Waals surface area contributed by atoms with E-state index >= 15 is 0 Å². The van der Waals surface area contributed by atoms with E-state index in [9.17, 15) is 14.0 Å². The summed E-state index contributed by atoms with van der Waals surface area (Å²) in [5.41, 5.74) is 4.29. The van der Waals surface area contributed by atoms with Crippen LogP contribution in [-0.2, 0) is 9.59 Å². The molecule has 2 atom stereocenters. The number of hydrogen-bond acceptors (Lipinski definition) is 5. The molecule has 1 aliphatic rings. The van der Waals surface area contributed by atoms with E-state index in [0.29, 0.717) is 5.82 Å². The second-order valence-corrected chi connectivity index (χ2v) is 11.4. The van der Waals surface area contributed by atoms with Crippen molar-refractivity contribution in [2.24, 2.45) is 0 Å². The molecule has 0 bridgehead atoms. The molecule has 0 radical (unpaired) electrons. The van der Waals surface area contributed by atoms with Crippen molar-refractivity contribution in [2.45, 2.75) is 38.5 Å². The van der Waals surface area contributed by atoms with E-state index < -0.39 is 0 Å². The van der Waals surface area contributed by atoms with Crippen LogP contribution in [0, 0.1) is 12.7 Å². The summed E-state index contributed by atoms with van der Waals surface area (Å²) in [7, 11) is 0. The second-order valence-electron chi connectivity index (χ2n) is 9.36. The summed E-state index contributed by atoms with van der Waals surface area (Å²) < 4.78 is 15.7. The first-order chi connectivity index (χ1) is 18.4. The van der Waals surface area contributed by atoms with Gasteiger partial charge in [-0.3, -0.25) is 14.5 Å². The lowest BCUT2D eigenvalue weighted by atomic mass is 10.0. The molecule has 0 saturated carbocycles. The van der Waals surface area contributed by atoms with Crippen molar-refractivity contribution in [2.75, 3.05) is 17.2 Å². The van der Waals surface area contributed by atoms with E-state index in [2.05, 4.69) is 5.32 Å². The molecular formula is C29H29FN4O2S2. The summed E-state index contributed by atoms with van der Waals surface area (Å²) in [6.45, 7) is 5.83. The van der Waals surface area contributed by atoms with Gasteiger partial charge in [0.2, 0.25) is 11.8 Å². The maximum atomic E-state index is 13.9. The van der Waals surface area contributed by atoms with Gasteiger partial charge in [-0.2, -0.15) is 5.10 Å². The minimum Gasteiger partial charge on any atom is -0.352 e. The molecule has 0 spiro atoms. The van der Waals surface area contributed by atoms with E-state index in [0.717, 1.165) is 39.4 Å². The molecule has 4 aromatic rings. The number of thiophene rings is 1. The summed E-state index contributed by atoms with van der Waals surface area (Å²) in [5, 5.41) is 9.79. The Kier molecular flexibility index (Phi) is 7.67. The number of carbonyl (C=O) groups is 2. The number of hydrogen-bond donors (Lipinski definition) is 1. The van der Waals surface area contributed by atoms with Crippen molar-refractivity contribution >= 4 is 40.7 Å². The summed E-state index contributed by atoms with van der Waals surface area (Å²) >= 11 is 3.04. The lowest BCUT2D eigenvalue weighted by Gasteiger charge is -2.24. The lowest BCUT2D eigenvalue weighted by Crippen LogP contribution is -2.44. The third-order valence-electron chi connectivity index (χ3n) is 6.68. The number of halogens is 1. The maximum Gasteiger partial charge on any atom is 0.240 e. The number of para-hydroxylation sites is 1. The Bertz CT molecular complexity index is 1450. The molecule has 0 unspecified atom stereocenters. The third kappa shape index (κ3) is 5.13. The van der Waals surface area contributed by atoms with Gasteiger partial charge in [0.25, 0.3) is 0 Å². The van der Waals surface area contributed by atoms with Crippen molar-refractivity contribution in [3.05, 3.63) is 88.6 Å². The highest BCUT2D eigenvalue weighted by molar-refractivity contribution is 8.00. The molecule has 1 aliphatic heterocycles. The number of thioether (sulfide) groups is 1. The van der Waals surface area contributed by atoms with Gasteiger partial charge >= 0.3 is 0 Å². The first-order valence-electron chi connectivity index (χ1n) is 12.6. The number of fused-ring (bicyclic) bond motifs is 1. The molecule has 38 heavy (non-hydrogen) atoms. The van der Waals surface area contributed by atoms with Crippen molar-refractivity contribution in [1.82, 2.24) is 15.1 Å². The Labute approximate surface area is 229 Å². The number of anilines is 1. The van der Waals surface area contributed by atoms with Crippen molar-refractivity contribution < 1.29 is 14.0 Å². The molecule has 1 N–H and O–H groups in total. The number of rotatable bonds is 7. The van der Waals surface area contributed by atoms with E-state index in [-0.39, 0.29) is 41.2 Å². The van der Waals surface area contributed by atoms with Crippen LogP contribution >= 0.6 is 23.1 Å². The number of carbonyl (C=O) groups excluding carboxylic acids is 2. The van der Waals surface area contributed by atoms with Gasteiger partial charge < -0.3 is 5.32 Å². The molecule has 0 saturated heterocycles. The number of benzene rings is 2. The van der Waals surface area contributed by atoms with E-state index in [1.54, 1.807) is 33.1 Å². The molecule has 0 fully saturated rings. The summed E-state index contributed by atoms with van der Waals surface area (Å²) in [4.78, 5) is 29.3. The molecule has 2 aromatic heterocycles. The molecule has 196 valence electrons. The van der Waals surface area contributed by atoms with Gasteiger partial charge in [-0.1, -0.05) is 43.3 Å². The smallest absolute Gasteiger partial charge is 0.240 e. The molecule has 2 amide bonds. The van der Waals surface area contributed by atoms with Gasteiger partial charge in [0.15, 0.2) is 0 Å². The zero-order valence-corrected chi connectivity index (χ0v) is 23.1. The Balaban J connectivity index is 1.77. The minimum absolute atomic E-state index is 0.00616.